The van der Waals surface area contributed by atoms with Crippen LogP contribution in [0.25, 0.3) is 22.4 Å². The van der Waals surface area contributed by atoms with E-state index >= 15 is 0 Å². The summed E-state index contributed by atoms with van der Waals surface area (Å²) in [6.45, 7) is 6.04. The number of carbonyl (C=O) groups is 1. The lowest BCUT2D eigenvalue weighted by Gasteiger charge is -2.24. The molecule has 2 heterocycles. The van der Waals surface area contributed by atoms with Crippen molar-refractivity contribution in [1.82, 2.24) is 14.9 Å². The molecule has 1 aliphatic heterocycles. The molecule has 0 radical (unpaired) electrons. The Bertz CT molecular complexity index is 1110. The summed E-state index contributed by atoms with van der Waals surface area (Å²) in [4.78, 5) is 17.3. The maximum absolute atomic E-state index is 12.4. The first-order chi connectivity index (χ1) is 15.6. The first kappa shape index (κ1) is 21.0. The van der Waals surface area contributed by atoms with Gasteiger partial charge in [0, 0.05) is 37.2 Å². The minimum Gasteiger partial charge on any atom is -0.356 e. The molecule has 1 aromatic heterocycles. The van der Waals surface area contributed by atoms with Crippen LogP contribution in [0.5, 0.6) is 0 Å². The van der Waals surface area contributed by atoms with Gasteiger partial charge in [0.25, 0.3) is 0 Å². The molecule has 0 saturated heterocycles. The number of hydrogen-bond donors (Lipinski definition) is 1. The molecular formula is C28H33N3O. The summed E-state index contributed by atoms with van der Waals surface area (Å²) < 4.78 is 2.29. The SMILES string of the molecule is Cc1ccc(-c2ccc(-c3cn4c(n3)CCC(CNC(=O)C3CCCC3)C4)cc2)cc1C. The average Bonchev–Trinajstić information content (AvgIpc) is 3.49. The highest BCUT2D eigenvalue weighted by molar-refractivity contribution is 5.78. The van der Waals surface area contributed by atoms with Gasteiger partial charge in [-0.05, 0) is 61.3 Å². The molecule has 2 aliphatic rings. The second-order valence-electron chi connectivity index (χ2n) is 9.70. The molecule has 1 amide bonds. The van der Waals surface area contributed by atoms with Gasteiger partial charge in [0.15, 0.2) is 0 Å². The normalized spacial score (nSPS) is 18.5. The average molecular weight is 428 g/mol. The molecule has 1 saturated carbocycles. The third-order valence-electron chi connectivity index (χ3n) is 7.40. The van der Waals surface area contributed by atoms with Gasteiger partial charge < -0.3 is 9.88 Å². The van der Waals surface area contributed by atoms with Gasteiger partial charge in [-0.2, -0.15) is 0 Å². The van der Waals surface area contributed by atoms with E-state index in [1.807, 2.05) is 0 Å². The Labute approximate surface area is 191 Å². The number of aryl methyl sites for hydroxylation is 3. The fourth-order valence-corrected chi connectivity index (χ4v) is 5.15. The number of rotatable bonds is 5. The van der Waals surface area contributed by atoms with Crippen molar-refractivity contribution in [3.8, 4) is 22.4 Å². The van der Waals surface area contributed by atoms with E-state index in [0.717, 1.165) is 55.9 Å². The summed E-state index contributed by atoms with van der Waals surface area (Å²) in [6.07, 6.45) is 8.79. The van der Waals surface area contributed by atoms with Crippen molar-refractivity contribution in [2.45, 2.75) is 58.9 Å². The molecule has 1 aliphatic carbocycles. The first-order valence-electron chi connectivity index (χ1n) is 12.1. The van der Waals surface area contributed by atoms with E-state index in [-0.39, 0.29) is 11.8 Å². The molecule has 166 valence electrons. The lowest BCUT2D eigenvalue weighted by Crippen LogP contribution is -2.36. The van der Waals surface area contributed by atoms with Crippen LogP contribution in [0.4, 0.5) is 0 Å². The molecular weight excluding hydrogens is 394 g/mol. The van der Waals surface area contributed by atoms with Gasteiger partial charge >= 0.3 is 0 Å². The van der Waals surface area contributed by atoms with E-state index < -0.39 is 0 Å². The Morgan fingerprint density at radius 3 is 2.44 bits per heavy atom. The molecule has 4 nitrogen and oxygen atoms in total. The Hall–Kier alpha value is -2.88. The van der Waals surface area contributed by atoms with Crippen LogP contribution in [0.15, 0.2) is 48.7 Å². The summed E-state index contributed by atoms with van der Waals surface area (Å²) in [6, 6.07) is 15.4. The van der Waals surface area contributed by atoms with E-state index in [1.54, 1.807) is 0 Å². The number of imidazole rings is 1. The predicted molar refractivity (Wildman–Crippen MR) is 129 cm³/mol. The number of benzene rings is 2. The summed E-state index contributed by atoms with van der Waals surface area (Å²) in [5.74, 6) is 2.17. The molecule has 3 aromatic rings. The van der Waals surface area contributed by atoms with Crippen molar-refractivity contribution in [1.29, 1.82) is 0 Å². The summed E-state index contributed by atoms with van der Waals surface area (Å²) in [5, 5.41) is 3.22. The van der Waals surface area contributed by atoms with Gasteiger partial charge in [-0.25, -0.2) is 4.98 Å². The molecule has 0 bridgehead atoms. The number of hydrogen-bond acceptors (Lipinski definition) is 2. The highest BCUT2D eigenvalue weighted by Crippen LogP contribution is 2.29. The largest absolute Gasteiger partial charge is 0.356 e. The van der Waals surface area contributed by atoms with Gasteiger partial charge in [0.05, 0.1) is 5.69 Å². The van der Waals surface area contributed by atoms with Crippen LogP contribution in [0.3, 0.4) is 0 Å². The van der Waals surface area contributed by atoms with Crippen LogP contribution >= 0.6 is 0 Å². The third-order valence-corrected chi connectivity index (χ3v) is 7.40. The molecule has 1 N–H and O–H groups in total. The Kier molecular flexibility index (Phi) is 5.86. The van der Waals surface area contributed by atoms with Crippen LogP contribution < -0.4 is 5.32 Å². The standard InChI is InChI=1S/C28H33N3O/c1-19-7-9-25(15-20(19)2)22-10-12-23(13-11-22)26-18-31-17-21(8-14-27(31)30-26)16-29-28(32)24-5-3-4-6-24/h7,9-13,15,18,21,24H,3-6,8,14,16-17H2,1-2H3,(H,29,32). The quantitative estimate of drug-likeness (QED) is 0.567. The lowest BCUT2D eigenvalue weighted by molar-refractivity contribution is -0.125. The molecule has 2 aromatic carbocycles. The topological polar surface area (TPSA) is 46.9 Å². The van der Waals surface area contributed by atoms with Crippen molar-refractivity contribution in [3.05, 3.63) is 65.6 Å². The smallest absolute Gasteiger partial charge is 0.223 e. The number of nitrogens with zero attached hydrogens (tertiary/aromatic N) is 2. The van der Waals surface area contributed by atoms with Crippen molar-refractivity contribution in [2.75, 3.05) is 6.54 Å². The molecule has 1 fully saturated rings. The minimum atomic E-state index is 0.251. The van der Waals surface area contributed by atoms with Crippen LogP contribution in [0.1, 0.15) is 49.1 Å². The second kappa shape index (κ2) is 8.93. The summed E-state index contributed by atoms with van der Waals surface area (Å²) in [5.41, 5.74) is 7.34. The number of amides is 1. The van der Waals surface area contributed by atoms with Crippen molar-refractivity contribution >= 4 is 5.91 Å². The first-order valence-corrected chi connectivity index (χ1v) is 12.1. The maximum Gasteiger partial charge on any atom is 0.223 e. The van der Waals surface area contributed by atoms with Gasteiger partial charge in [0.2, 0.25) is 5.91 Å². The monoisotopic (exact) mass is 427 g/mol. The Balaban J connectivity index is 1.24. The zero-order valence-electron chi connectivity index (χ0n) is 19.2. The van der Waals surface area contributed by atoms with E-state index in [4.69, 9.17) is 4.98 Å². The zero-order valence-corrected chi connectivity index (χ0v) is 19.2. The fourth-order valence-electron chi connectivity index (χ4n) is 5.15. The van der Waals surface area contributed by atoms with E-state index in [1.165, 1.54) is 35.1 Å². The van der Waals surface area contributed by atoms with Gasteiger partial charge in [-0.15, -0.1) is 0 Å². The molecule has 1 atom stereocenters. The molecule has 1 unspecified atom stereocenters. The fraction of sp³-hybridized carbons (Fsp3) is 0.429. The number of fused-ring (bicyclic) bond motifs is 1. The second-order valence-corrected chi connectivity index (χ2v) is 9.70. The Morgan fingerprint density at radius 1 is 0.969 bits per heavy atom. The zero-order chi connectivity index (χ0) is 22.1. The number of nitrogens with one attached hydrogen (secondary N) is 1. The maximum atomic E-state index is 12.4. The van der Waals surface area contributed by atoms with Crippen LogP contribution in [0, 0.1) is 25.7 Å². The highest BCUT2D eigenvalue weighted by atomic mass is 16.1. The highest BCUT2D eigenvalue weighted by Gasteiger charge is 2.25. The van der Waals surface area contributed by atoms with E-state index in [9.17, 15) is 4.79 Å². The lowest BCUT2D eigenvalue weighted by atomic mass is 9.99. The third kappa shape index (κ3) is 4.36. The van der Waals surface area contributed by atoms with Crippen molar-refractivity contribution < 1.29 is 4.79 Å². The molecule has 0 spiro atoms. The van der Waals surface area contributed by atoms with E-state index in [0.29, 0.717) is 5.92 Å². The number of aromatic nitrogens is 2. The van der Waals surface area contributed by atoms with Gasteiger partial charge in [0.1, 0.15) is 5.82 Å². The van der Waals surface area contributed by atoms with Crippen molar-refractivity contribution in [2.24, 2.45) is 11.8 Å². The Morgan fingerprint density at radius 2 is 1.69 bits per heavy atom. The van der Waals surface area contributed by atoms with Crippen LogP contribution in [-0.2, 0) is 17.8 Å². The van der Waals surface area contributed by atoms with Crippen LogP contribution in [-0.4, -0.2) is 22.0 Å². The van der Waals surface area contributed by atoms with Gasteiger partial charge in [-0.3, -0.25) is 4.79 Å². The summed E-state index contributed by atoms with van der Waals surface area (Å²) >= 11 is 0. The van der Waals surface area contributed by atoms with Gasteiger partial charge in [-0.1, -0.05) is 55.3 Å². The summed E-state index contributed by atoms with van der Waals surface area (Å²) in [7, 11) is 0. The predicted octanol–water partition coefficient (Wildman–Crippen LogP) is 5.70. The minimum absolute atomic E-state index is 0.251. The van der Waals surface area contributed by atoms with E-state index in [2.05, 4.69) is 72.4 Å². The molecule has 4 heteroatoms. The van der Waals surface area contributed by atoms with Crippen molar-refractivity contribution in [3.63, 3.8) is 0 Å². The number of carbonyl (C=O) groups excluding carboxylic acids is 1. The molecule has 5 rings (SSSR count). The van der Waals surface area contributed by atoms with Crippen LogP contribution in [0.2, 0.25) is 0 Å². The molecule has 32 heavy (non-hydrogen) atoms.